The molecule has 1 heterocycles. The highest BCUT2D eigenvalue weighted by molar-refractivity contribution is 5.77. The molecule has 7 nitrogen and oxygen atoms in total. The molecule has 0 aliphatic heterocycles. The van der Waals surface area contributed by atoms with E-state index in [9.17, 15) is 5.26 Å². The summed E-state index contributed by atoms with van der Waals surface area (Å²) in [6.07, 6.45) is 1.41. The predicted octanol–water partition coefficient (Wildman–Crippen LogP) is 1.10. The lowest BCUT2D eigenvalue weighted by atomic mass is 10.1. The molecular formula is C16H21N7. The fourth-order valence-electron chi connectivity index (χ4n) is 2.21. The summed E-state index contributed by atoms with van der Waals surface area (Å²) in [5.74, 6) is 0.768. The number of nitrogens with one attached hydrogen (secondary N) is 1. The molecule has 5 N–H and O–H groups in total. The second-order valence-corrected chi connectivity index (χ2v) is 5.21. The number of guanidine groups is 1. The van der Waals surface area contributed by atoms with Gasteiger partial charge in [0.1, 0.15) is 17.5 Å². The summed E-state index contributed by atoms with van der Waals surface area (Å²) < 4.78 is 1.61. The maximum Gasteiger partial charge on any atom is 0.188 e. The first kappa shape index (κ1) is 16.4. The maximum absolute atomic E-state index is 9.35. The van der Waals surface area contributed by atoms with Crippen molar-refractivity contribution in [2.75, 3.05) is 19.3 Å². The molecule has 1 aromatic carbocycles. The molecule has 0 saturated carbocycles. The van der Waals surface area contributed by atoms with Gasteiger partial charge < -0.3 is 16.8 Å². The molecular weight excluding hydrogens is 290 g/mol. The summed E-state index contributed by atoms with van der Waals surface area (Å²) in [7, 11) is 1.63. The zero-order chi connectivity index (χ0) is 16.8. The predicted molar refractivity (Wildman–Crippen MR) is 91.3 cm³/mol. The molecule has 0 saturated heterocycles. The first-order valence-electron chi connectivity index (χ1n) is 7.37. The van der Waals surface area contributed by atoms with E-state index in [1.54, 1.807) is 11.7 Å². The highest BCUT2D eigenvalue weighted by Gasteiger charge is 2.16. The molecule has 0 atom stereocenters. The highest BCUT2D eigenvalue weighted by atomic mass is 15.3. The van der Waals surface area contributed by atoms with E-state index in [-0.39, 0.29) is 0 Å². The molecule has 0 aliphatic carbocycles. The Hall–Kier alpha value is -3.01. The number of rotatable bonds is 5. The van der Waals surface area contributed by atoms with Gasteiger partial charge in [-0.2, -0.15) is 10.4 Å². The van der Waals surface area contributed by atoms with Crippen LogP contribution in [0.5, 0.6) is 0 Å². The number of nitrogens with two attached hydrogens (primary N) is 2. The molecule has 1 aromatic heterocycles. The Kier molecular flexibility index (Phi) is 5.20. The number of nitriles is 1. The zero-order valence-electron chi connectivity index (χ0n) is 13.4. The van der Waals surface area contributed by atoms with Crippen molar-refractivity contribution in [3.8, 4) is 11.8 Å². The quantitative estimate of drug-likeness (QED) is 0.434. The van der Waals surface area contributed by atoms with Crippen LogP contribution in [0.25, 0.3) is 5.69 Å². The van der Waals surface area contributed by atoms with Crippen molar-refractivity contribution in [3.05, 3.63) is 41.1 Å². The van der Waals surface area contributed by atoms with Crippen molar-refractivity contribution >= 4 is 11.8 Å². The van der Waals surface area contributed by atoms with Crippen molar-refractivity contribution in [1.82, 2.24) is 15.1 Å². The largest absolute Gasteiger partial charge is 0.382 e. The Bertz CT molecular complexity index is 735. The van der Waals surface area contributed by atoms with E-state index in [1.807, 2.05) is 31.2 Å². The summed E-state index contributed by atoms with van der Waals surface area (Å²) >= 11 is 0. The first-order valence-corrected chi connectivity index (χ1v) is 7.37. The molecule has 0 amide bonds. The lowest BCUT2D eigenvalue weighted by Crippen LogP contribution is -2.32. The van der Waals surface area contributed by atoms with Gasteiger partial charge in [0, 0.05) is 13.6 Å². The number of benzene rings is 1. The van der Waals surface area contributed by atoms with Crippen LogP contribution in [0.2, 0.25) is 0 Å². The number of aromatic nitrogens is 2. The number of nitrogens with zero attached hydrogens (tertiary/aromatic N) is 4. The highest BCUT2D eigenvalue weighted by Crippen LogP contribution is 2.21. The summed E-state index contributed by atoms with van der Waals surface area (Å²) in [6.45, 7) is 2.67. The van der Waals surface area contributed by atoms with Gasteiger partial charge in [0.05, 0.1) is 11.4 Å². The molecule has 2 aromatic rings. The standard InChI is InChI=1S/C16H21N7/c1-11-5-7-12(8-6-11)23-15(18)13(10-17)14(22-23)4-3-9-21-16(19)20-2/h5-8H,3-4,9,18H2,1-2H3,(H3,19,20,21). The number of hydrogen-bond acceptors (Lipinski definition) is 4. The Balaban J connectivity index is 2.16. The van der Waals surface area contributed by atoms with Gasteiger partial charge in [0.2, 0.25) is 0 Å². The van der Waals surface area contributed by atoms with Gasteiger partial charge in [-0.3, -0.25) is 4.99 Å². The van der Waals surface area contributed by atoms with Crippen LogP contribution >= 0.6 is 0 Å². The molecule has 0 radical (unpaired) electrons. The van der Waals surface area contributed by atoms with Crippen LogP contribution in [0, 0.1) is 18.3 Å². The Morgan fingerprint density at radius 1 is 1.39 bits per heavy atom. The molecule has 120 valence electrons. The molecule has 0 bridgehead atoms. The molecule has 23 heavy (non-hydrogen) atoms. The van der Waals surface area contributed by atoms with Crippen molar-refractivity contribution in [2.24, 2.45) is 10.7 Å². The van der Waals surface area contributed by atoms with Crippen LogP contribution in [0.1, 0.15) is 23.2 Å². The number of hydrogen-bond donors (Lipinski definition) is 3. The van der Waals surface area contributed by atoms with Crippen molar-refractivity contribution in [2.45, 2.75) is 19.8 Å². The van der Waals surface area contributed by atoms with E-state index in [1.165, 1.54) is 0 Å². The first-order chi connectivity index (χ1) is 11.1. The molecule has 0 fully saturated rings. The second-order valence-electron chi connectivity index (χ2n) is 5.21. The fraction of sp³-hybridized carbons (Fsp3) is 0.312. The van der Waals surface area contributed by atoms with E-state index in [4.69, 9.17) is 11.5 Å². The van der Waals surface area contributed by atoms with E-state index >= 15 is 0 Å². The van der Waals surface area contributed by atoms with E-state index in [2.05, 4.69) is 21.5 Å². The van der Waals surface area contributed by atoms with Crippen LogP contribution in [0.3, 0.4) is 0 Å². The number of anilines is 1. The van der Waals surface area contributed by atoms with E-state index in [0.717, 1.165) is 17.7 Å². The Labute approximate surface area is 135 Å². The molecule has 7 heteroatoms. The third-order valence-electron chi connectivity index (χ3n) is 3.52. The Morgan fingerprint density at radius 2 is 2.09 bits per heavy atom. The van der Waals surface area contributed by atoms with Crippen LogP contribution in [-0.2, 0) is 6.42 Å². The minimum Gasteiger partial charge on any atom is -0.382 e. The second kappa shape index (κ2) is 7.31. The van der Waals surface area contributed by atoms with Crippen molar-refractivity contribution in [3.63, 3.8) is 0 Å². The number of aliphatic imine (C=N–C) groups is 1. The van der Waals surface area contributed by atoms with Gasteiger partial charge in [0.15, 0.2) is 5.96 Å². The summed E-state index contributed by atoms with van der Waals surface area (Å²) in [5, 5.41) is 16.8. The SMILES string of the molecule is CN=C(N)NCCCc1nn(-c2ccc(C)cc2)c(N)c1C#N. The lowest BCUT2D eigenvalue weighted by molar-refractivity contribution is 0.738. The number of nitrogen functional groups attached to an aromatic ring is 1. The normalized spacial score (nSPS) is 11.3. The Morgan fingerprint density at radius 3 is 2.70 bits per heavy atom. The van der Waals surface area contributed by atoms with E-state index in [0.29, 0.717) is 36.0 Å². The zero-order valence-corrected chi connectivity index (χ0v) is 13.4. The van der Waals surface area contributed by atoms with Gasteiger partial charge in [-0.15, -0.1) is 0 Å². The van der Waals surface area contributed by atoms with Gasteiger partial charge in [0.25, 0.3) is 0 Å². The van der Waals surface area contributed by atoms with Gasteiger partial charge in [-0.05, 0) is 31.9 Å². The summed E-state index contributed by atoms with van der Waals surface area (Å²) in [5.41, 5.74) is 14.8. The minimum atomic E-state index is 0.369. The topological polar surface area (TPSA) is 118 Å². The van der Waals surface area contributed by atoms with Gasteiger partial charge in [-0.25, -0.2) is 4.68 Å². The summed E-state index contributed by atoms with van der Waals surface area (Å²) in [4.78, 5) is 3.82. The lowest BCUT2D eigenvalue weighted by Gasteiger charge is -2.04. The third-order valence-corrected chi connectivity index (χ3v) is 3.52. The minimum absolute atomic E-state index is 0.369. The average Bonchev–Trinajstić information content (AvgIpc) is 2.87. The fourth-order valence-corrected chi connectivity index (χ4v) is 2.21. The van der Waals surface area contributed by atoms with E-state index < -0.39 is 0 Å². The monoisotopic (exact) mass is 311 g/mol. The van der Waals surface area contributed by atoms with Gasteiger partial charge in [-0.1, -0.05) is 17.7 Å². The average molecular weight is 311 g/mol. The molecule has 2 rings (SSSR count). The van der Waals surface area contributed by atoms with Gasteiger partial charge >= 0.3 is 0 Å². The number of aryl methyl sites for hydroxylation is 2. The maximum atomic E-state index is 9.35. The van der Waals surface area contributed by atoms with Crippen LogP contribution in [-0.4, -0.2) is 29.3 Å². The van der Waals surface area contributed by atoms with Crippen LogP contribution in [0.4, 0.5) is 5.82 Å². The van der Waals surface area contributed by atoms with Crippen LogP contribution in [0.15, 0.2) is 29.3 Å². The summed E-state index contributed by atoms with van der Waals surface area (Å²) in [6, 6.07) is 9.99. The molecule has 0 aliphatic rings. The molecule has 0 unspecified atom stereocenters. The molecule has 0 spiro atoms. The van der Waals surface area contributed by atoms with Crippen molar-refractivity contribution < 1.29 is 0 Å². The van der Waals surface area contributed by atoms with Crippen molar-refractivity contribution in [1.29, 1.82) is 5.26 Å². The third kappa shape index (κ3) is 3.80. The smallest absolute Gasteiger partial charge is 0.188 e. The van der Waals surface area contributed by atoms with Crippen LogP contribution < -0.4 is 16.8 Å².